The van der Waals surface area contributed by atoms with Crippen LogP contribution in [0, 0.1) is 10.1 Å². The molecule has 1 aromatic carbocycles. The van der Waals surface area contributed by atoms with E-state index in [2.05, 4.69) is 12.2 Å². The van der Waals surface area contributed by atoms with Crippen molar-refractivity contribution in [2.75, 3.05) is 11.6 Å². The summed E-state index contributed by atoms with van der Waals surface area (Å²) in [5, 5.41) is 14.2. The Morgan fingerprint density at radius 2 is 2.00 bits per heavy atom. The number of sulfone groups is 1. The van der Waals surface area contributed by atoms with Crippen LogP contribution in [0.2, 0.25) is 0 Å². The van der Waals surface area contributed by atoms with Gasteiger partial charge in [0.05, 0.1) is 9.82 Å². The Balaban J connectivity index is 2.94. The molecule has 0 bridgehead atoms. The maximum Gasteiger partial charge on any atom is 0.293 e. The van der Waals surface area contributed by atoms with Gasteiger partial charge in [0, 0.05) is 18.4 Å². The molecule has 0 amide bonds. The third kappa shape index (κ3) is 5.34. The highest BCUT2D eigenvalue weighted by atomic mass is 32.2. The predicted octanol–water partition coefficient (Wildman–Crippen LogP) is 3.38. The van der Waals surface area contributed by atoms with Gasteiger partial charge in [-0.2, -0.15) is 0 Å². The zero-order chi connectivity index (χ0) is 16.0. The number of hydrogen-bond acceptors (Lipinski definition) is 5. The number of nitro benzene ring substituents is 1. The number of nitro groups is 1. The summed E-state index contributed by atoms with van der Waals surface area (Å²) in [5.74, 6) is 0. The van der Waals surface area contributed by atoms with Gasteiger partial charge in [-0.05, 0) is 25.5 Å². The first-order valence-electron chi connectivity index (χ1n) is 7.00. The van der Waals surface area contributed by atoms with E-state index < -0.39 is 14.8 Å². The molecule has 1 unspecified atom stereocenters. The van der Waals surface area contributed by atoms with Crippen LogP contribution in [0.25, 0.3) is 0 Å². The molecular weight excluding hydrogens is 292 g/mol. The van der Waals surface area contributed by atoms with E-state index in [0.717, 1.165) is 38.0 Å². The monoisotopic (exact) mass is 314 g/mol. The molecule has 0 aliphatic carbocycles. The number of anilines is 1. The minimum Gasteiger partial charge on any atom is -0.377 e. The largest absolute Gasteiger partial charge is 0.377 e. The van der Waals surface area contributed by atoms with Crippen molar-refractivity contribution in [1.82, 2.24) is 0 Å². The Morgan fingerprint density at radius 3 is 2.52 bits per heavy atom. The van der Waals surface area contributed by atoms with Crippen molar-refractivity contribution in [3.63, 3.8) is 0 Å². The fourth-order valence-corrected chi connectivity index (χ4v) is 2.69. The van der Waals surface area contributed by atoms with Crippen molar-refractivity contribution in [3.05, 3.63) is 28.3 Å². The molecule has 0 aromatic heterocycles. The summed E-state index contributed by atoms with van der Waals surface area (Å²) >= 11 is 0. The fourth-order valence-electron chi connectivity index (χ4n) is 2.05. The first kappa shape index (κ1) is 17.4. The number of rotatable bonds is 8. The SMILES string of the molecule is CCCCCC(C)Nc1ccc(S(C)(=O)=O)cc1[N+](=O)[O-]. The summed E-state index contributed by atoms with van der Waals surface area (Å²) in [7, 11) is -3.45. The molecule has 0 heterocycles. The molecule has 1 rings (SSSR count). The van der Waals surface area contributed by atoms with Crippen molar-refractivity contribution >= 4 is 21.2 Å². The van der Waals surface area contributed by atoms with Gasteiger partial charge in [0.1, 0.15) is 5.69 Å². The highest BCUT2D eigenvalue weighted by Crippen LogP contribution is 2.28. The molecule has 0 aliphatic heterocycles. The van der Waals surface area contributed by atoms with Gasteiger partial charge >= 0.3 is 0 Å². The third-order valence-corrected chi connectivity index (χ3v) is 4.35. The Hall–Kier alpha value is -1.63. The Kier molecular flexibility index (Phi) is 6.14. The Morgan fingerprint density at radius 1 is 1.33 bits per heavy atom. The summed E-state index contributed by atoms with van der Waals surface area (Å²) in [4.78, 5) is 10.5. The van der Waals surface area contributed by atoms with Crippen molar-refractivity contribution < 1.29 is 13.3 Å². The summed E-state index contributed by atoms with van der Waals surface area (Å²) in [6.07, 6.45) is 5.25. The third-order valence-electron chi connectivity index (χ3n) is 3.24. The van der Waals surface area contributed by atoms with E-state index in [1.165, 1.54) is 12.1 Å². The maximum atomic E-state index is 11.5. The lowest BCUT2D eigenvalue weighted by molar-refractivity contribution is -0.384. The zero-order valence-corrected chi connectivity index (χ0v) is 13.4. The van der Waals surface area contributed by atoms with Crippen molar-refractivity contribution in [2.24, 2.45) is 0 Å². The van der Waals surface area contributed by atoms with Gasteiger partial charge in [-0.1, -0.05) is 26.2 Å². The number of unbranched alkanes of at least 4 members (excludes halogenated alkanes) is 2. The van der Waals surface area contributed by atoms with Gasteiger partial charge in [-0.25, -0.2) is 8.42 Å². The second-order valence-corrected chi connectivity index (χ2v) is 7.27. The van der Waals surface area contributed by atoms with Crippen LogP contribution in [-0.2, 0) is 9.84 Å². The lowest BCUT2D eigenvalue weighted by Crippen LogP contribution is -2.16. The lowest BCUT2D eigenvalue weighted by atomic mass is 10.1. The maximum absolute atomic E-state index is 11.5. The van der Waals surface area contributed by atoms with Gasteiger partial charge in [0.15, 0.2) is 9.84 Å². The molecule has 6 nitrogen and oxygen atoms in total. The number of hydrogen-bond donors (Lipinski definition) is 1. The van der Waals surface area contributed by atoms with Crippen molar-refractivity contribution in [3.8, 4) is 0 Å². The smallest absolute Gasteiger partial charge is 0.293 e. The fraction of sp³-hybridized carbons (Fsp3) is 0.571. The molecule has 1 N–H and O–H groups in total. The first-order valence-corrected chi connectivity index (χ1v) is 8.90. The topological polar surface area (TPSA) is 89.3 Å². The van der Waals surface area contributed by atoms with Gasteiger partial charge in [0.25, 0.3) is 5.69 Å². The summed E-state index contributed by atoms with van der Waals surface area (Å²) in [6.45, 7) is 4.08. The van der Waals surface area contributed by atoms with Crippen molar-refractivity contribution in [2.45, 2.75) is 50.5 Å². The van der Waals surface area contributed by atoms with Gasteiger partial charge in [-0.3, -0.25) is 10.1 Å². The van der Waals surface area contributed by atoms with Crippen LogP contribution in [0.4, 0.5) is 11.4 Å². The summed E-state index contributed by atoms with van der Waals surface area (Å²) in [6, 6.07) is 4.06. The molecule has 21 heavy (non-hydrogen) atoms. The minimum atomic E-state index is -3.45. The molecule has 0 saturated heterocycles. The van der Waals surface area contributed by atoms with Gasteiger partial charge in [-0.15, -0.1) is 0 Å². The van der Waals surface area contributed by atoms with Gasteiger partial charge < -0.3 is 5.32 Å². The normalized spacial score (nSPS) is 12.9. The van der Waals surface area contributed by atoms with Crippen molar-refractivity contribution in [1.29, 1.82) is 0 Å². The number of nitrogens with one attached hydrogen (secondary N) is 1. The summed E-state index contributed by atoms with van der Waals surface area (Å²) < 4.78 is 22.9. The van der Waals surface area contributed by atoms with E-state index in [1.54, 1.807) is 0 Å². The molecule has 118 valence electrons. The van der Waals surface area contributed by atoms with E-state index in [9.17, 15) is 18.5 Å². The van der Waals surface area contributed by atoms with Crippen LogP contribution in [0.1, 0.15) is 39.5 Å². The molecule has 0 radical (unpaired) electrons. The molecule has 0 spiro atoms. The standard InChI is InChI=1S/C14H22N2O4S/c1-4-5-6-7-11(2)15-13-9-8-12(21(3,19)20)10-14(13)16(17)18/h8-11,15H,4-7H2,1-3H3. The zero-order valence-electron chi connectivity index (χ0n) is 12.6. The second-order valence-electron chi connectivity index (χ2n) is 5.25. The highest BCUT2D eigenvalue weighted by molar-refractivity contribution is 7.90. The van der Waals surface area contributed by atoms with E-state index in [0.29, 0.717) is 5.69 Å². The molecule has 1 aromatic rings. The molecule has 0 saturated carbocycles. The molecule has 7 heteroatoms. The average Bonchev–Trinajstić information content (AvgIpc) is 2.37. The van der Waals surface area contributed by atoms with E-state index in [1.807, 2.05) is 6.92 Å². The van der Waals surface area contributed by atoms with E-state index >= 15 is 0 Å². The van der Waals surface area contributed by atoms with Crippen LogP contribution in [-0.4, -0.2) is 25.6 Å². The van der Waals surface area contributed by atoms with Crippen LogP contribution >= 0.6 is 0 Å². The molecular formula is C14H22N2O4S. The summed E-state index contributed by atoms with van der Waals surface area (Å²) in [5.41, 5.74) is 0.150. The van der Waals surface area contributed by atoms with Gasteiger partial charge in [0.2, 0.25) is 0 Å². The van der Waals surface area contributed by atoms with E-state index in [4.69, 9.17) is 0 Å². The quantitative estimate of drug-likeness (QED) is 0.451. The van der Waals surface area contributed by atoms with Crippen LogP contribution in [0.15, 0.2) is 23.1 Å². The number of nitrogens with zero attached hydrogens (tertiary/aromatic N) is 1. The lowest BCUT2D eigenvalue weighted by Gasteiger charge is -2.15. The van der Waals surface area contributed by atoms with E-state index in [-0.39, 0.29) is 16.6 Å². The second kappa shape index (κ2) is 7.40. The number of benzene rings is 1. The Bertz CT molecular complexity index is 599. The molecule has 1 atom stereocenters. The predicted molar refractivity (Wildman–Crippen MR) is 83.4 cm³/mol. The highest BCUT2D eigenvalue weighted by Gasteiger charge is 2.19. The Labute approximate surface area is 125 Å². The molecule has 0 fully saturated rings. The van der Waals surface area contributed by atoms with Crippen LogP contribution < -0.4 is 5.32 Å². The average molecular weight is 314 g/mol. The first-order chi connectivity index (χ1) is 9.75. The van der Waals surface area contributed by atoms with Crippen LogP contribution in [0.5, 0.6) is 0 Å². The molecule has 0 aliphatic rings. The van der Waals surface area contributed by atoms with Crippen LogP contribution in [0.3, 0.4) is 0 Å². The minimum absolute atomic E-state index is 0.0432.